The Bertz CT molecular complexity index is 1460. The summed E-state index contributed by atoms with van der Waals surface area (Å²) in [5.74, 6) is 0.243. The lowest BCUT2D eigenvalue weighted by atomic mass is 9.92. The Morgan fingerprint density at radius 2 is 1.76 bits per heavy atom. The summed E-state index contributed by atoms with van der Waals surface area (Å²) >= 11 is 0. The highest BCUT2D eigenvalue weighted by Crippen LogP contribution is 2.36. The molecule has 0 aliphatic carbocycles. The van der Waals surface area contributed by atoms with E-state index in [2.05, 4.69) is 5.32 Å². The van der Waals surface area contributed by atoms with Gasteiger partial charge in [0.2, 0.25) is 5.91 Å². The number of nitrogens with one attached hydrogen (secondary N) is 1. The number of carbonyl (C=O) groups is 2. The van der Waals surface area contributed by atoms with Gasteiger partial charge in [-0.15, -0.1) is 0 Å². The first-order valence-electron chi connectivity index (χ1n) is 12.3. The number of fused-ring (bicyclic) bond motifs is 1. The number of hydrogen-bond acceptors (Lipinski definition) is 4. The minimum Gasteiger partial charge on any atom is -0.497 e. The monoisotopic (exact) mass is 494 g/mol. The van der Waals surface area contributed by atoms with Gasteiger partial charge in [-0.3, -0.25) is 19.2 Å². The number of amides is 2. The van der Waals surface area contributed by atoms with Crippen molar-refractivity contribution in [2.75, 3.05) is 12.0 Å². The molecule has 0 fully saturated rings. The summed E-state index contributed by atoms with van der Waals surface area (Å²) in [5, 5.41) is 7.79. The van der Waals surface area contributed by atoms with Crippen molar-refractivity contribution in [1.82, 2.24) is 15.1 Å². The molecule has 0 saturated heterocycles. The van der Waals surface area contributed by atoms with E-state index >= 15 is 0 Å². The Balaban J connectivity index is 1.55. The lowest BCUT2D eigenvalue weighted by molar-refractivity contribution is -0.126. The summed E-state index contributed by atoms with van der Waals surface area (Å²) in [5.41, 5.74) is 4.50. The van der Waals surface area contributed by atoms with E-state index in [4.69, 9.17) is 9.84 Å². The van der Waals surface area contributed by atoms with Crippen molar-refractivity contribution in [1.29, 1.82) is 0 Å². The Labute approximate surface area is 216 Å². The number of ether oxygens (including phenoxy) is 1. The van der Waals surface area contributed by atoms with E-state index in [1.54, 1.807) is 22.8 Å². The molecule has 2 amide bonds. The maximum atomic E-state index is 14.1. The van der Waals surface area contributed by atoms with Gasteiger partial charge < -0.3 is 10.1 Å². The third-order valence-electron chi connectivity index (χ3n) is 6.92. The second-order valence-corrected chi connectivity index (χ2v) is 9.67. The SMILES string of the molecule is COc1ccc(-c2cc3n(n2)C[C@@](C)(C(=O)NCc2ccccc2)N(c2ccc(C)cc2C)C3=O)cc1. The molecule has 4 aromatic rings. The van der Waals surface area contributed by atoms with Crippen LogP contribution in [-0.4, -0.2) is 34.2 Å². The second kappa shape index (κ2) is 9.58. The first-order valence-corrected chi connectivity index (χ1v) is 12.3. The number of aromatic nitrogens is 2. The van der Waals surface area contributed by atoms with Crippen LogP contribution in [0.3, 0.4) is 0 Å². The van der Waals surface area contributed by atoms with Crippen LogP contribution in [0.4, 0.5) is 5.69 Å². The van der Waals surface area contributed by atoms with Crippen LogP contribution in [0.15, 0.2) is 78.9 Å². The van der Waals surface area contributed by atoms with E-state index in [9.17, 15) is 9.59 Å². The summed E-state index contributed by atoms with van der Waals surface area (Å²) in [6, 6.07) is 25.0. The van der Waals surface area contributed by atoms with Gasteiger partial charge in [0.1, 0.15) is 17.0 Å². The van der Waals surface area contributed by atoms with Crippen LogP contribution in [0.1, 0.15) is 34.1 Å². The highest BCUT2D eigenvalue weighted by Gasteiger charge is 2.49. The average molecular weight is 495 g/mol. The molecule has 0 bridgehead atoms. The van der Waals surface area contributed by atoms with Gasteiger partial charge in [0.05, 0.1) is 19.3 Å². The molecule has 2 heterocycles. The standard InChI is InChI=1S/C30H30N4O3/c1-20-10-15-26(21(2)16-20)34-28(35)27-17-25(23-11-13-24(37-4)14-12-23)32-33(27)19-30(34,3)29(36)31-18-22-8-6-5-7-9-22/h5-17H,18-19H2,1-4H3,(H,31,36)/t30-/m0/s1. The van der Waals surface area contributed by atoms with Crippen LogP contribution in [0.2, 0.25) is 0 Å². The lowest BCUT2D eigenvalue weighted by Gasteiger charge is -2.43. The molecule has 37 heavy (non-hydrogen) atoms. The smallest absolute Gasteiger partial charge is 0.277 e. The Morgan fingerprint density at radius 3 is 2.43 bits per heavy atom. The lowest BCUT2D eigenvalue weighted by Crippen LogP contribution is -2.64. The van der Waals surface area contributed by atoms with Gasteiger partial charge in [0.15, 0.2) is 0 Å². The fourth-order valence-electron chi connectivity index (χ4n) is 4.89. The van der Waals surface area contributed by atoms with Gasteiger partial charge in [0, 0.05) is 17.8 Å². The Hall–Kier alpha value is -4.39. The minimum absolute atomic E-state index is 0.220. The molecule has 1 N–H and O–H groups in total. The third-order valence-corrected chi connectivity index (χ3v) is 6.92. The van der Waals surface area contributed by atoms with Crippen molar-refractivity contribution in [3.63, 3.8) is 0 Å². The van der Waals surface area contributed by atoms with E-state index in [0.717, 1.165) is 28.0 Å². The number of hydrogen-bond donors (Lipinski definition) is 1. The maximum absolute atomic E-state index is 14.1. The van der Waals surface area contributed by atoms with Crippen LogP contribution in [-0.2, 0) is 17.9 Å². The average Bonchev–Trinajstić information content (AvgIpc) is 3.33. The zero-order valence-electron chi connectivity index (χ0n) is 21.5. The highest BCUT2D eigenvalue weighted by molar-refractivity contribution is 6.12. The van der Waals surface area contributed by atoms with E-state index < -0.39 is 5.54 Å². The first-order chi connectivity index (χ1) is 17.8. The van der Waals surface area contributed by atoms with Gasteiger partial charge in [-0.1, -0.05) is 48.0 Å². The van der Waals surface area contributed by atoms with E-state index in [0.29, 0.717) is 23.6 Å². The van der Waals surface area contributed by atoms with E-state index in [1.165, 1.54) is 0 Å². The van der Waals surface area contributed by atoms with Crippen molar-refractivity contribution < 1.29 is 14.3 Å². The van der Waals surface area contributed by atoms with Crippen LogP contribution >= 0.6 is 0 Å². The van der Waals surface area contributed by atoms with Gasteiger partial charge >= 0.3 is 0 Å². The molecule has 5 rings (SSSR count). The largest absolute Gasteiger partial charge is 0.497 e. The van der Waals surface area contributed by atoms with E-state index in [1.807, 2.05) is 93.6 Å². The van der Waals surface area contributed by atoms with Crippen molar-refractivity contribution in [2.45, 2.75) is 39.4 Å². The summed E-state index contributed by atoms with van der Waals surface area (Å²) in [7, 11) is 1.62. The molecule has 7 heteroatoms. The van der Waals surface area contributed by atoms with Crippen LogP contribution in [0.5, 0.6) is 5.75 Å². The predicted molar refractivity (Wildman–Crippen MR) is 144 cm³/mol. The summed E-state index contributed by atoms with van der Waals surface area (Å²) < 4.78 is 6.92. The van der Waals surface area contributed by atoms with Crippen LogP contribution < -0.4 is 15.0 Å². The van der Waals surface area contributed by atoms with Crippen molar-refractivity contribution in [3.05, 3.63) is 101 Å². The molecular weight excluding hydrogens is 464 g/mol. The number of anilines is 1. The second-order valence-electron chi connectivity index (χ2n) is 9.67. The molecule has 1 aromatic heterocycles. The summed E-state index contributed by atoms with van der Waals surface area (Å²) in [4.78, 5) is 29.5. The van der Waals surface area contributed by atoms with Gasteiger partial charge in [-0.05, 0) is 68.3 Å². The fraction of sp³-hybridized carbons (Fsp3) is 0.233. The molecule has 1 aliphatic rings. The topological polar surface area (TPSA) is 76.5 Å². The molecule has 1 atom stereocenters. The molecule has 7 nitrogen and oxygen atoms in total. The predicted octanol–water partition coefficient (Wildman–Crippen LogP) is 4.91. The number of rotatable bonds is 6. The Kier molecular flexibility index (Phi) is 6.29. The zero-order chi connectivity index (χ0) is 26.2. The molecule has 0 saturated carbocycles. The first kappa shape index (κ1) is 24.3. The maximum Gasteiger partial charge on any atom is 0.277 e. The number of benzene rings is 3. The zero-order valence-corrected chi connectivity index (χ0v) is 21.5. The molecule has 0 radical (unpaired) electrons. The third kappa shape index (κ3) is 4.48. The molecule has 1 aliphatic heterocycles. The normalized spacial score (nSPS) is 16.9. The molecule has 0 spiro atoms. The highest BCUT2D eigenvalue weighted by atomic mass is 16.5. The molecular formula is C30H30N4O3. The Morgan fingerprint density at radius 1 is 1.03 bits per heavy atom. The number of aryl methyl sites for hydroxylation is 2. The number of methoxy groups -OCH3 is 1. The number of nitrogens with zero attached hydrogens (tertiary/aromatic N) is 3. The molecule has 0 unspecified atom stereocenters. The molecule has 3 aromatic carbocycles. The van der Waals surface area contributed by atoms with Gasteiger partial charge in [-0.2, -0.15) is 5.10 Å². The summed E-state index contributed by atoms with van der Waals surface area (Å²) in [6.45, 7) is 6.37. The van der Waals surface area contributed by atoms with Crippen molar-refractivity contribution in [3.8, 4) is 17.0 Å². The quantitative estimate of drug-likeness (QED) is 0.413. The van der Waals surface area contributed by atoms with Gasteiger partial charge in [-0.25, -0.2) is 0 Å². The van der Waals surface area contributed by atoms with Crippen molar-refractivity contribution in [2.24, 2.45) is 0 Å². The van der Waals surface area contributed by atoms with Crippen molar-refractivity contribution >= 4 is 17.5 Å². The van der Waals surface area contributed by atoms with Crippen LogP contribution in [0.25, 0.3) is 11.3 Å². The van der Waals surface area contributed by atoms with Gasteiger partial charge in [0.25, 0.3) is 5.91 Å². The fourth-order valence-corrected chi connectivity index (χ4v) is 4.89. The minimum atomic E-state index is -1.19. The number of carbonyl (C=O) groups excluding carboxylic acids is 2. The van der Waals surface area contributed by atoms with E-state index in [-0.39, 0.29) is 18.4 Å². The summed E-state index contributed by atoms with van der Waals surface area (Å²) in [6.07, 6.45) is 0. The molecule has 188 valence electrons. The van der Waals surface area contributed by atoms with Crippen LogP contribution in [0, 0.1) is 13.8 Å².